The van der Waals surface area contributed by atoms with Crippen molar-refractivity contribution in [2.75, 3.05) is 0 Å². The number of rotatable bonds is 7. The average molecular weight is 370 g/mol. The van der Waals surface area contributed by atoms with Crippen LogP contribution in [0.4, 0.5) is 0 Å². The summed E-state index contributed by atoms with van der Waals surface area (Å²) in [7, 11) is 0. The lowest BCUT2D eigenvalue weighted by atomic mass is 10.2. The lowest BCUT2D eigenvalue weighted by molar-refractivity contribution is -0.156. The minimum atomic E-state index is -0.515. The standard InChI is InChI=1S/C22H26O5/c1-16(14-20(23)27-22(2,3)4)26-19-12-10-18(11-13-19)21(24)25-15-17-8-6-5-7-9-17/h5-13,16H,14-15H2,1-4H3. The van der Waals surface area contributed by atoms with Crippen LogP contribution in [0.15, 0.2) is 54.6 Å². The Morgan fingerprint density at radius 1 is 0.963 bits per heavy atom. The lowest BCUT2D eigenvalue weighted by Crippen LogP contribution is -2.27. The summed E-state index contributed by atoms with van der Waals surface area (Å²) >= 11 is 0. The van der Waals surface area contributed by atoms with E-state index in [4.69, 9.17) is 14.2 Å². The van der Waals surface area contributed by atoms with E-state index >= 15 is 0 Å². The summed E-state index contributed by atoms with van der Waals surface area (Å²) in [5, 5.41) is 0. The van der Waals surface area contributed by atoms with Crippen LogP contribution in [-0.2, 0) is 20.9 Å². The van der Waals surface area contributed by atoms with E-state index in [1.807, 2.05) is 51.1 Å². The molecule has 0 saturated carbocycles. The second-order valence-corrected chi connectivity index (χ2v) is 7.31. The molecule has 144 valence electrons. The zero-order valence-electron chi connectivity index (χ0n) is 16.2. The van der Waals surface area contributed by atoms with Crippen LogP contribution in [0, 0.1) is 0 Å². The largest absolute Gasteiger partial charge is 0.490 e. The van der Waals surface area contributed by atoms with Crippen LogP contribution >= 0.6 is 0 Å². The first kappa shape index (κ1) is 20.5. The van der Waals surface area contributed by atoms with Gasteiger partial charge in [-0.3, -0.25) is 4.79 Å². The van der Waals surface area contributed by atoms with E-state index in [1.54, 1.807) is 31.2 Å². The molecule has 2 aromatic carbocycles. The van der Waals surface area contributed by atoms with Crippen LogP contribution in [0.5, 0.6) is 5.75 Å². The van der Waals surface area contributed by atoms with Crippen molar-refractivity contribution in [3.8, 4) is 5.75 Å². The van der Waals surface area contributed by atoms with Gasteiger partial charge >= 0.3 is 11.9 Å². The third-order valence-electron chi connectivity index (χ3n) is 3.51. The highest BCUT2D eigenvalue weighted by molar-refractivity contribution is 5.89. The topological polar surface area (TPSA) is 61.8 Å². The molecular weight excluding hydrogens is 344 g/mol. The minimum absolute atomic E-state index is 0.151. The third-order valence-corrected chi connectivity index (χ3v) is 3.51. The number of esters is 2. The number of hydrogen-bond acceptors (Lipinski definition) is 5. The summed E-state index contributed by atoms with van der Waals surface area (Å²) in [6, 6.07) is 16.2. The molecule has 0 aliphatic carbocycles. The molecule has 1 atom stereocenters. The first-order valence-electron chi connectivity index (χ1n) is 8.92. The van der Waals surface area contributed by atoms with Crippen LogP contribution in [-0.4, -0.2) is 23.6 Å². The van der Waals surface area contributed by atoms with Crippen LogP contribution in [0.1, 0.15) is 50.0 Å². The van der Waals surface area contributed by atoms with Crippen molar-refractivity contribution >= 4 is 11.9 Å². The summed E-state index contributed by atoms with van der Waals surface area (Å²) in [5.41, 5.74) is 0.860. The molecular formula is C22H26O5. The van der Waals surface area contributed by atoms with Crippen molar-refractivity contribution in [2.24, 2.45) is 0 Å². The monoisotopic (exact) mass is 370 g/mol. The predicted octanol–water partition coefficient (Wildman–Crippen LogP) is 4.54. The zero-order valence-corrected chi connectivity index (χ0v) is 16.2. The van der Waals surface area contributed by atoms with Crippen molar-refractivity contribution in [1.82, 2.24) is 0 Å². The Morgan fingerprint density at radius 2 is 1.59 bits per heavy atom. The van der Waals surface area contributed by atoms with E-state index in [9.17, 15) is 9.59 Å². The van der Waals surface area contributed by atoms with E-state index in [0.717, 1.165) is 5.56 Å². The van der Waals surface area contributed by atoms with Gasteiger partial charge in [0.2, 0.25) is 0 Å². The number of carbonyl (C=O) groups excluding carboxylic acids is 2. The van der Waals surface area contributed by atoms with Crippen molar-refractivity contribution < 1.29 is 23.8 Å². The van der Waals surface area contributed by atoms with Gasteiger partial charge in [-0.25, -0.2) is 4.79 Å². The van der Waals surface area contributed by atoms with E-state index in [-0.39, 0.29) is 25.1 Å². The SMILES string of the molecule is CC(CC(=O)OC(C)(C)C)Oc1ccc(C(=O)OCc2ccccc2)cc1. The highest BCUT2D eigenvalue weighted by atomic mass is 16.6. The lowest BCUT2D eigenvalue weighted by Gasteiger charge is -2.21. The highest BCUT2D eigenvalue weighted by Gasteiger charge is 2.19. The van der Waals surface area contributed by atoms with Crippen molar-refractivity contribution in [2.45, 2.75) is 52.4 Å². The molecule has 0 spiro atoms. The molecule has 0 fully saturated rings. The van der Waals surface area contributed by atoms with Gasteiger partial charge in [-0.15, -0.1) is 0 Å². The molecule has 0 N–H and O–H groups in total. The molecule has 0 saturated heterocycles. The number of hydrogen-bond donors (Lipinski definition) is 0. The van der Waals surface area contributed by atoms with E-state index in [1.165, 1.54) is 0 Å². The van der Waals surface area contributed by atoms with Crippen LogP contribution < -0.4 is 4.74 Å². The second kappa shape index (κ2) is 9.21. The average Bonchev–Trinajstić information content (AvgIpc) is 2.59. The Kier molecular flexibility index (Phi) is 6.99. The minimum Gasteiger partial charge on any atom is -0.490 e. The maximum Gasteiger partial charge on any atom is 0.338 e. The van der Waals surface area contributed by atoms with Crippen molar-refractivity contribution in [1.29, 1.82) is 0 Å². The molecule has 0 aliphatic heterocycles. The number of ether oxygens (including phenoxy) is 3. The van der Waals surface area contributed by atoms with Crippen LogP contribution in [0.25, 0.3) is 0 Å². The molecule has 0 radical (unpaired) electrons. The number of carbonyl (C=O) groups is 2. The Bertz CT molecular complexity index is 745. The molecule has 1 unspecified atom stereocenters. The van der Waals surface area contributed by atoms with Gasteiger partial charge < -0.3 is 14.2 Å². The first-order valence-corrected chi connectivity index (χ1v) is 8.92. The molecule has 0 amide bonds. The summed E-state index contributed by atoms with van der Waals surface area (Å²) in [6.07, 6.45) is -0.186. The summed E-state index contributed by atoms with van der Waals surface area (Å²) in [5.74, 6) is -0.131. The maximum absolute atomic E-state index is 12.1. The Hall–Kier alpha value is -2.82. The van der Waals surface area contributed by atoms with Crippen molar-refractivity contribution in [3.05, 3.63) is 65.7 Å². The van der Waals surface area contributed by atoms with Gasteiger partial charge in [0.15, 0.2) is 0 Å². The second-order valence-electron chi connectivity index (χ2n) is 7.31. The van der Waals surface area contributed by atoms with E-state index < -0.39 is 11.6 Å². The van der Waals surface area contributed by atoms with Gasteiger partial charge in [-0.2, -0.15) is 0 Å². The van der Waals surface area contributed by atoms with Crippen molar-refractivity contribution in [3.63, 3.8) is 0 Å². The molecule has 0 aromatic heterocycles. The van der Waals surface area contributed by atoms with Gasteiger partial charge in [0.1, 0.15) is 24.1 Å². The quantitative estimate of drug-likeness (QED) is 0.670. The summed E-state index contributed by atoms with van der Waals surface area (Å²) in [4.78, 5) is 23.9. The fourth-order valence-electron chi connectivity index (χ4n) is 2.37. The Morgan fingerprint density at radius 3 is 2.19 bits per heavy atom. The number of benzene rings is 2. The van der Waals surface area contributed by atoms with Crippen LogP contribution in [0.2, 0.25) is 0 Å². The highest BCUT2D eigenvalue weighted by Crippen LogP contribution is 2.17. The smallest absolute Gasteiger partial charge is 0.338 e. The van der Waals surface area contributed by atoms with E-state index in [2.05, 4.69) is 0 Å². The summed E-state index contributed by atoms with van der Waals surface area (Å²) < 4.78 is 16.3. The molecule has 2 rings (SSSR count). The van der Waals surface area contributed by atoms with Gasteiger partial charge in [0.25, 0.3) is 0 Å². The van der Waals surface area contributed by atoms with Crippen LogP contribution in [0.3, 0.4) is 0 Å². The van der Waals surface area contributed by atoms with Gasteiger partial charge in [-0.1, -0.05) is 30.3 Å². The molecule has 27 heavy (non-hydrogen) atoms. The molecule has 5 nitrogen and oxygen atoms in total. The molecule has 0 heterocycles. The first-order chi connectivity index (χ1) is 12.7. The fourth-order valence-corrected chi connectivity index (χ4v) is 2.37. The fraction of sp³-hybridized carbons (Fsp3) is 0.364. The predicted molar refractivity (Wildman–Crippen MR) is 103 cm³/mol. The molecule has 0 bridgehead atoms. The molecule has 2 aromatic rings. The maximum atomic E-state index is 12.1. The Balaban J connectivity index is 1.83. The van der Waals surface area contributed by atoms with Gasteiger partial charge in [0.05, 0.1) is 12.0 Å². The Labute approximate surface area is 160 Å². The van der Waals surface area contributed by atoms with E-state index in [0.29, 0.717) is 11.3 Å². The summed E-state index contributed by atoms with van der Waals surface area (Å²) in [6.45, 7) is 7.50. The third kappa shape index (κ3) is 7.52. The zero-order chi connectivity index (χ0) is 19.9. The van der Waals surface area contributed by atoms with Gasteiger partial charge in [-0.05, 0) is 57.5 Å². The van der Waals surface area contributed by atoms with Gasteiger partial charge in [0, 0.05) is 0 Å². The normalized spacial score (nSPS) is 12.1. The molecule has 5 heteroatoms. The molecule has 0 aliphatic rings.